The molecule has 3 aliphatic rings. The number of nitrogens with one attached hydrogen (secondary N) is 1. The number of aromatic nitrogens is 1. The third kappa shape index (κ3) is 5.83. The normalized spacial score (nSPS) is 22.1. The molecule has 4 heterocycles. The van der Waals surface area contributed by atoms with Crippen molar-refractivity contribution in [2.75, 3.05) is 37.8 Å². The Hall–Kier alpha value is -3.87. The minimum Gasteiger partial charge on any atom is -0.372 e. The minimum absolute atomic E-state index is 0.0636. The van der Waals surface area contributed by atoms with E-state index in [0.717, 1.165) is 52.0 Å². The fraction of sp³-hybridized carbons (Fsp3) is 0.355. The molecule has 2 aromatic rings. The Morgan fingerprint density at radius 1 is 1.20 bits per heavy atom. The van der Waals surface area contributed by atoms with Gasteiger partial charge in [-0.3, -0.25) is 9.79 Å². The van der Waals surface area contributed by atoms with E-state index in [4.69, 9.17) is 9.72 Å². The zero-order chi connectivity index (χ0) is 28.4. The Bertz CT molecular complexity index is 1480. The van der Waals surface area contributed by atoms with E-state index in [1.54, 1.807) is 11.8 Å². The van der Waals surface area contributed by atoms with E-state index in [9.17, 15) is 10.1 Å². The van der Waals surface area contributed by atoms with Crippen LogP contribution in [0.1, 0.15) is 41.0 Å². The number of carbonyl (C=O) groups excluding carboxylic acids is 1. The molecule has 40 heavy (non-hydrogen) atoms. The van der Waals surface area contributed by atoms with E-state index in [2.05, 4.69) is 46.1 Å². The van der Waals surface area contributed by atoms with Crippen LogP contribution >= 0.6 is 11.8 Å². The van der Waals surface area contributed by atoms with Crippen molar-refractivity contribution in [1.29, 1.82) is 5.26 Å². The monoisotopic (exact) mass is 554 g/mol. The molecule has 3 atom stereocenters. The summed E-state index contributed by atoms with van der Waals surface area (Å²) in [7, 11) is 2.02. The van der Waals surface area contributed by atoms with Crippen molar-refractivity contribution in [1.82, 2.24) is 15.2 Å². The SMILES string of the molecule is CSc1cc(C(=O)NCC2=CC3C(=CC=C(c4cc(C#N)cc(N5CC(C)OC(C)C5)n4)N3C)C=N2)ccc1C. The number of likely N-dealkylation sites (N-methyl/N-ethyl adjacent to an activating group) is 1. The maximum Gasteiger partial charge on any atom is 0.251 e. The number of hydrogen-bond acceptors (Lipinski definition) is 8. The number of benzene rings is 1. The number of pyridine rings is 1. The molecule has 206 valence electrons. The minimum atomic E-state index is -0.123. The van der Waals surface area contributed by atoms with Gasteiger partial charge in [0, 0.05) is 36.8 Å². The van der Waals surface area contributed by atoms with Crippen LogP contribution in [0.25, 0.3) is 5.70 Å². The highest BCUT2D eigenvalue weighted by atomic mass is 32.2. The molecule has 5 rings (SSSR count). The molecule has 0 bridgehead atoms. The van der Waals surface area contributed by atoms with Gasteiger partial charge in [-0.2, -0.15) is 5.26 Å². The molecule has 1 fully saturated rings. The summed E-state index contributed by atoms with van der Waals surface area (Å²) in [4.78, 5) is 27.8. The van der Waals surface area contributed by atoms with Crippen LogP contribution in [0.2, 0.25) is 0 Å². The standard InChI is InChI=1S/C31H34N6O2S/c1-19-6-7-23(12-29(19)40-5)31(38)34-16-25-13-28-24(15-33-25)8-9-27(36(28)4)26-10-22(14-32)11-30(35-26)37-17-20(2)39-21(3)18-37/h6-13,15,20-21,28H,16-18H2,1-5H3,(H,34,38). The summed E-state index contributed by atoms with van der Waals surface area (Å²) in [6, 6.07) is 11.7. The van der Waals surface area contributed by atoms with Crippen molar-refractivity contribution in [3.63, 3.8) is 0 Å². The van der Waals surface area contributed by atoms with Gasteiger partial charge in [-0.1, -0.05) is 12.1 Å². The van der Waals surface area contributed by atoms with Crippen LogP contribution in [0.15, 0.2) is 69.7 Å². The van der Waals surface area contributed by atoms with Gasteiger partial charge in [0.2, 0.25) is 0 Å². The van der Waals surface area contributed by atoms with Crippen molar-refractivity contribution in [2.45, 2.75) is 43.9 Å². The van der Waals surface area contributed by atoms with E-state index >= 15 is 0 Å². The summed E-state index contributed by atoms with van der Waals surface area (Å²) in [6.07, 6.45) is 10.2. The first kappa shape index (κ1) is 27.7. The molecule has 1 aromatic heterocycles. The Kier molecular flexibility index (Phi) is 8.10. The highest BCUT2D eigenvalue weighted by molar-refractivity contribution is 7.98. The number of morpholine rings is 1. The molecule has 0 radical (unpaired) electrons. The number of anilines is 1. The average Bonchev–Trinajstić information content (AvgIpc) is 2.95. The number of allylic oxidation sites excluding steroid dienone is 2. The van der Waals surface area contributed by atoms with E-state index in [-0.39, 0.29) is 24.2 Å². The summed E-state index contributed by atoms with van der Waals surface area (Å²) in [5.41, 5.74) is 5.87. The number of rotatable bonds is 6. The zero-order valence-electron chi connectivity index (χ0n) is 23.5. The molecule has 0 aliphatic carbocycles. The maximum atomic E-state index is 12.8. The molecule has 8 nitrogen and oxygen atoms in total. The molecule has 0 saturated carbocycles. The van der Waals surface area contributed by atoms with E-state index in [1.165, 1.54) is 0 Å². The van der Waals surface area contributed by atoms with Gasteiger partial charge in [0.25, 0.3) is 5.91 Å². The van der Waals surface area contributed by atoms with Gasteiger partial charge in [-0.15, -0.1) is 11.8 Å². The lowest BCUT2D eigenvalue weighted by Gasteiger charge is -2.37. The first-order valence-electron chi connectivity index (χ1n) is 13.4. The van der Waals surface area contributed by atoms with Crippen LogP contribution in [0.3, 0.4) is 0 Å². The van der Waals surface area contributed by atoms with Crippen LogP contribution in [0.4, 0.5) is 5.82 Å². The first-order chi connectivity index (χ1) is 19.2. The van der Waals surface area contributed by atoms with Crippen LogP contribution < -0.4 is 10.2 Å². The summed E-state index contributed by atoms with van der Waals surface area (Å²) < 4.78 is 5.89. The fourth-order valence-electron chi connectivity index (χ4n) is 5.32. The summed E-state index contributed by atoms with van der Waals surface area (Å²) in [5.74, 6) is 0.659. The number of nitrogens with zero attached hydrogens (tertiary/aromatic N) is 5. The van der Waals surface area contributed by atoms with Crippen LogP contribution in [0, 0.1) is 18.3 Å². The van der Waals surface area contributed by atoms with Crippen molar-refractivity contribution in [3.05, 3.63) is 82.2 Å². The summed E-state index contributed by atoms with van der Waals surface area (Å²) in [5, 5.41) is 12.8. The second-order valence-corrected chi connectivity index (χ2v) is 11.3. The second kappa shape index (κ2) is 11.7. The van der Waals surface area contributed by atoms with E-state index < -0.39 is 0 Å². The molecular formula is C31H34N6O2S. The molecule has 1 saturated heterocycles. The van der Waals surface area contributed by atoms with Crippen LogP contribution in [-0.4, -0.2) is 73.2 Å². The maximum absolute atomic E-state index is 12.8. The Labute approximate surface area is 240 Å². The van der Waals surface area contributed by atoms with Crippen molar-refractivity contribution in [3.8, 4) is 6.07 Å². The van der Waals surface area contributed by atoms with E-state index in [0.29, 0.717) is 17.7 Å². The predicted molar refractivity (Wildman–Crippen MR) is 161 cm³/mol. The Balaban J connectivity index is 1.34. The van der Waals surface area contributed by atoms with Crippen LogP contribution in [-0.2, 0) is 4.74 Å². The number of ether oxygens (including phenoxy) is 1. The lowest BCUT2D eigenvalue weighted by molar-refractivity contribution is -0.00546. The van der Waals surface area contributed by atoms with Crippen molar-refractivity contribution in [2.24, 2.45) is 4.99 Å². The number of thioether (sulfide) groups is 1. The predicted octanol–water partition coefficient (Wildman–Crippen LogP) is 4.58. The first-order valence-corrected chi connectivity index (χ1v) is 14.6. The third-order valence-corrected chi connectivity index (χ3v) is 8.23. The summed E-state index contributed by atoms with van der Waals surface area (Å²) in [6.45, 7) is 7.93. The molecule has 1 N–H and O–H groups in total. The van der Waals surface area contributed by atoms with Crippen LogP contribution in [0.5, 0.6) is 0 Å². The fourth-order valence-corrected chi connectivity index (χ4v) is 5.95. The largest absolute Gasteiger partial charge is 0.372 e. The average molecular weight is 555 g/mol. The van der Waals surface area contributed by atoms with Gasteiger partial charge in [0.05, 0.1) is 53.5 Å². The molecule has 3 unspecified atom stereocenters. The van der Waals surface area contributed by atoms with Gasteiger partial charge in [0.15, 0.2) is 0 Å². The number of hydrogen-bond donors (Lipinski definition) is 1. The third-order valence-electron chi connectivity index (χ3n) is 7.35. The van der Waals surface area contributed by atoms with E-state index in [1.807, 2.05) is 68.9 Å². The highest BCUT2D eigenvalue weighted by Gasteiger charge is 2.28. The van der Waals surface area contributed by atoms with Gasteiger partial charge < -0.3 is 19.9 Å². The summed E-state index contributed by atoms with van der Waals surface area (Å²) >= 11 is 1.63. The number of nitriles is 1. The lowest BCUT2D eigenvalue weighted by Crippen LogP contribution is -2.46. The molecule has 1 amide bonds. The van der Waals surface area contributed by atoms with Gasteiger partial charge in [-0.05, 0) is 74.6 Å². The molecule has 0 spiro atoms. The molecule has 9 heteroatoms. The molecular weight excluding hydrogens is 520 g/mol. The second-order valence-electron chi connectivity index (χ2n) is 10.4. The quantitative estimate of drug-likeness (QED) is 0.523. The number of carbonyl (C=O) groups is 1. The molecule has 1 aromatic carbocycles. The van der Waals surface area contributed by atoms with Crippen molar-refractivity contribution >= 4 is 35.4 Å². The number of aliphatic imine (C=N–C) groups is 1. The number of amides is 1. The number of fused-ring (bicyclic) bond motifs is 1. The zero-order valence-corrected chi connectivity index (χ0v) is 24.3. The highest BCUT2D eigenvalue weighted by Crippen LogP contribution is 2.31. The number of aryl methyl sites for hydroxylation is 1. The lowest BCUT2D eigenvalue weighted by atomic mass is 9.97. The molecule has 3 aliphatic heterocycles. The Morgan fingerprint density at radius 2 is 1.98 bits per heavy atom. The van der Waals surface area contributed by atoms with Gasteiger partial charge in [0.1, 0.15) is 5.82 Å². The topological polar surface area (TPSA) is 93.8 Å². The van der Waals surface area contributed by atoms with Crippen molar-refractivity contribution < 1.29 is 9.53 Å². The Morgan fingerprint density at radius 3 is 2.70 bits per heavy atom. The van der Waals surface area contributed by atoms with Gasteiger partial charge in [-0.25, -0.2) is 4.98 Å². The smallest absolute Gasteiger partial charge is 0.251 e. The van der Waals surface area contributed by atoms with Gasteiger partial charge >= 0.3 is 0 Å².